The molecule has 1 fully saturated rings. The highest BCUT2D eigenvalue weighted by atomic mass is 35.5. The summed E-state index contributed by atoms with van der Waals surface area (Å²) in [5.74, 6) is 0.863. The first kappa shape index (κ1) is 12.6. The summed E-state index contributed by atoms with van der Waals surface area (Å²) in [5, 5.41) is 10.7. The molecule has 0 saturated carbocycles. The first-order valence-electron chi connectivity index (χ1n) is 6.44. The van der Waals surface area contributed by atoms with Gasteiger partial charge in [0.25, 0.3) is 0 Å². The molecule has 0 amide bonds. The molecule has 4 nitrogen and oxygen atoms in total. The van der Waals surface area contributed by atoms with Gasteiger partial charge < -0.3 is 9.64 Å². The normalized spacial score (nSPS) is 22.9. The Bertz CT molecular complexity index is 604. The summed E-state index contributed by atoms with van der Waals surface area (Å²) in [5.41, 5.74) is 0. The Labute approximate surface area is 117 Å². The molecule has 0 bridgehead atoms. The molecule has 1 aromatic heterocycles. The molecule has 2 aromatic rings. The third kappa shape index (κ3) is 2.15. The van der Waals surface area contributed by atoms with Crippen molar-refractivity contribution in [1.29, 1.82) is 0 Å². The zero-order valence-electron chi connectivity index (χ0n) is 11.0. The summed E-state index contributed by atoms with van der Waals surface area (Å²) < 4.78 is 5.63. The van der Waals surface area contributed by atoms with Crippen LogP contribution in [-0.2, 0) is 4.74 Å². The Morgan fingerprint density at radius 2 is 2.00 bits per heavy atom. The van der Waals surface area contributed by atoms with Crippen LogP contribution < -0.4 is 4.90 Å². The van der Waals surface area contributed by atoms with Crippen LogP contribution in [0, 0.1) is 0 Å². The molecule has 0 spiro atoms. The molecule has 3 rings (SSSR count). The standard InChI is InChI=1S/C14H16ClN3O/c1-9-12(7-8-19-9)18(2)14-11-6-4-3-5-10(11)13(15)16-17-14/h3-6,9,12H,7-8H2,1-2H3. The number of benzene rings is 1. The van der Waals surface area contributed by atoms with Crippen LogP contribution in [-0.4, -0.2) is 36.0 Å². The van der Waals surface area contributed by atoms with Crippen molar-refractivity contribution in [2.45, 2.75) is 25.5 Å². The van der Waals surface area contributed by atoms with Crippen LogP contribution >= 0.6 is 11.6 Å². The maximum absolute atomic E-state index is 6.11. The SMILES string of the molecule is CC1OCCC1N(C)c1nnc(Cl)c2ccccc12. The first-order valence-corrected chi connectivity index (χ1v) is 6.81. The minimum Gasteiger partial charge on any atom is -0.376 e. The molecule has 1 aliphatic rings. The average molecular weight is 278 g/mol. The number of hydrogen-bond acceptors (Lipinski definition) is 4. The van der Waals surface area contributed by atoms with Crippen molar-refractivity contribution in [3.05, 3.63) is 29.4 Å². The second kappa shape index (κ2) is 4.94. The molecule has 1 aromatic carbocycles. The highest BCUT2D eigenvalue weighted by Gasteiger charge is 2.29. The van der Waals surface area contributed by atoms with Gasteiger partial charge in [-0.05, 0) is 13.3 Å². The maximum Gasteiger partial charge on any atom is 0.159 e. The van der Waals surface area contributed by atoms with Gasteiger partial charge in [0.2, 0.25) is 0 Å². The molecule has 1 saturated heterocycles. The van der Waals surface area contributed by atoms with Crippen LogP contribution in [0.2, 0.25) is 5.15 Å². The highest BCUT2D eigenvalue weighted by molar-refractivity contribution is 6.34. The van der Waals surface area contributed by atoms with Crippen molar-refractivity contribution in [3.8, 4) is 0 Å². The fraction of sp³-hybridized carbons (Fsp3) is 0.429. The zero-order valence-corrected chi connectivity index (χ0v) is 11.8. The van der Waals surface area contributed by atoms with E-state index in [0.717, 1.165) is 29.6 Å². The van der Waals surface area contributed by atoms with Gasteiger partial charge in [0, 0.05) is 24.4 Å². The molecule has 19 heavy (non-hydrogen) atoms. The molecule has 1 aliphatic heterocycles. The lowest BCUT2D eigenvalue weighted by molar-refractivity contribution is 0.118. The van der Waals surface area contributed by atoms with Crippen LogP contribution in [0.4, 0.5) is 5.82 Å². The van der Waals surface area contributed by atoms with Crippen molar-refractivity contribution in [2.75, 3.05) is 18.6 Å². The largest absolute Gasteiger partial charge is 0.376 e. The van der Waals surface area contributed by atoms with Crippen LogP contribution in [0.3, 0.4) is 0 Å². The second-order valence-corrected chi connectivity index (χ2v) is 5.26. The van der Waals surface area contributed by atoms with Crippen molar-refractivity contribution in [3.63, 3.8) is 0 Å². The van der Waals surface area contributed by atoms with Gasteiger partial charge in [-0.25, -0.2) is 0 Å². The Hall–Kier alpha value is -1.39. The maximum atomic E-state index is 6.11. The van der Waals surface area contributed by atoms with Gasteiger partial charge in [0.1, 0.15) is 0 Å². The van der Waals surface area contributed by atoms with Gasteiger partial charge in [0.15, 0.2) is 11.0 Å². The van der Waals surface area contributed by atoms with Gasteiger partial charge in [-0.1, -0.05) is 35.9 Å². The van der Waals surface area contributed by atoms with E-state index in [1.54, 1.807) is 0 Å². The molecular weight excluding hydrogens is 262 g/mol. The predicted molar refractivity (Wildman–Crippen MR) is 76.8 cm³/mol. The van der Waals surface area contributed by atoms with E-state index in [4.69, 9.17) is 16.3 Å². The van der Waals surface area contributed by atoms with Gasteiger partial charge in [-0.3, -0.25) is 0 Å². The summed E-state index contributed by atoms with van der Waals surface area (Å²) >= 11 is 6.11. The molecule has 0 aliphatic carbocycles. The van der Waals surface area contributed by atoms with E-state index in [1.165, 1.54) is 0 Å². The second-order valence-electron chi connectivity index (χ2n) is 4.90. The topological polar surface area (TPSA) is 38.2 Å². The molecule has 0 radical (unpaired) electrons. The van der Waals surface area contributed by atoms with E-state index in [9.17, 15) is 0 Å². The molecule has 2 atom stereocenters. The zero-order chi connectivity index (χ0) is 13.4. The Morgan fingerprint density at radius 3 is 2.68 bits per heavy atom. The quantitative estimate of drug-likeness (QED) is 0.846. The molecule has 100 valence electrons. The summed E-state index contributed by atoms with van der Waals surface area (Å²) in [6.07, 6.45) is 1.22. The fourth-order valence-corrected chi connectivity index (χ4v) is 2.91. The molecule has 2 unspecified atom stereocenters. The number of nitrogens with zero attached hydrogens (tertiary/aromatic N) is 3. The smallest absolute Gasteiger partial charge is 0.159 e. The number of rotatable bonds is 2. The van der Waals surface area contributed by atoms with Gasteiger partial charge >= 0.3 is 0 Å². The number of fused-ring (bicyclic) bond motifs is 1. The lowest BCUT2D eigenvalue weighted by Gasteiger charge is -2.28. The van der Waals surface area contributed by atoms with Crippen LogP contribution in [0.25, 0.3) is 10.8 Å². The molecular formula is C14H16ClN3O. The summed E-state index contributed by atoms with van der Waals surface area (Å²) in [6, 6.07) is 8.28. The first-order chi connectivity index (χ1) is 9.18. The van der Waals surface area contributed by atoms with Crippen molar-refractivity contribution in [2.24, 2.45) is 0 Å². The van der Waals surface area contributed by atoms with Crippen molar-refractivity contribution < 1.29 is 4.74 Å². The van der Waals surface area contributed by atoms with Crippen LogP contribution in [0.15, 0.2) is 24.3 Å². The lowest BCUT2D eigenvalue weighted by Crippen LogP contribution is -2.37. The molecule has 0 N–H and O–H groups in total. The number of hydrogen-bond donors (Lipinski definition) is 0. The van der Waals surface area contributed by atoms with Crippen LogP contribution in [0.1, 0.15) is 13.3 Å². The number of likely N-dealkylation sites (N-methyl/N-ethyl adjacent to an activating group) is 1. The number of aromatic nitrogens is 2. The summed E-state index contributed by atoms with van der Waals surface area (Å²) in [6.45, 7) is 2.90. The highest BCUT2D eigenvalue weighted by Crippen LogP contribution is 2.30. The molecule has 2 heterocycles. The van der Waals surface area contributed by atoms with Gasteiger partial charge in [-0.2, -0.15) is 0 Å². The van der Waals surface area contributed by atoms with E-state index in [0.29, 0.717) is 11.2 Å². The minimum atomic E-state index is 0.209. The Balaban J connectivity index is 2.07. The Morgan fingerprint density at radius 1 is 1.26 bits per heavy atom. The van der Waals surface area contributed by atoms with Gasteiger partial charge in [0.05, 0.1) is 12.1 Å². The lowest BCUT2D eigenvalue weighted by atomic mass is 10.1. The third-order valence-corrected chi connectivity index (χ3v) is 4.07. The number of halogens is 1. The third-order valence-electron chi connectivity index (χ3n) is 3.79. The Kier molecular flexibility index (Phi) is 3.29. The van der Waals surface area contributed by atoms with Crippen LogP contribution in [0.5, 0.6) is 0 Å². The predicted octanol–water partition coefficient (Wildman–Crippen LogP) is 2.90. The van der Waals surface area contributed by atoms with Crippen molar-refractivity contribution in [1.82, 2.24) is 10.2 Å². The average Bonchev–Trinajstić information content (AvgIpc) is 2.85. The number of ether oxygens (including phenoxy) is 1. The summed E-state index contributed by atoms with van der Waals surface area (Å²) in [4.78, 5) is 2.16. The summed E-state index contributed by atoms with van der Waals surface area (Å²) in [7, 11) is 2.04. The van der Waals surface area contributed by atoms with E-state index >= 15 is 0 Å². The van der Waals surface area contributed by atoms with E-state index in [-0.39, 0.29) is 6.10 Å². The fourth-order valence-electron chi connectivity index (χ4n) is 2.70. The van der Waals surface area contributed by atoms with Gasteiger partial charge in [-0.15, -0.1) is 10.2 Å². The monoisotopic (exact) mass is 277 g/mol. The van der Waals surface area contributed by atoms with Crippen molar-refractivity contribution >= 4 is 28.2 Å². The minimum absolute atomic E-state index is 0.209. The number of anilines is 1. The van der Waals surface area contributed by atoms with E-state index < -0.39 is 0 Å². The van der Waals surface area contributed by atoms with E-state index in [2.05, 4.69) is 22.0 Å². The van der Waals surface area contributed by atoms with E-state index in [1.807, 2.05) is 31.3 Å². The molecule has 5 heteroatoms.